The van der Waals surface area contributed by atoms with Crippen LogP contribution in [0.1, 0.15) is 18.1 Å². The molecule has 0 radical (unpaired) electrons. The summed E-state index contributed by atoms with van der Waals surface area (Å²) in [6.07, 6.45) is 0.874. The number of hydrogen-bond donors (Lipinski definition) is 0. The summed E-state index contributed by atoms with van der Waals surface area (Å²) in [5, 5.41) is 9.50. The normalized spacial score (nSPS) is 9.83. The minimum Gasteiger partial charge on any atom is -0.456 e. The van der Waals surface area contributed by atoms with Crippen molar-refractivity contribution < 1.29 is 4.74 Å². The van der Waals surface area contributed by atoms with Crippen LogP contribution in [0.4, 0.5) is 0 Å². The molecule has 2 nitrogen and oxygen atoms in total. The van der Waals surface area contributed by atoms with Crippen molar-refractivity contribution in [3.63, 3.8) is 0 Å². The third kappa shape index (κ3) is 2.47. The van der Waals surface area contributed by atoms with Gasteiger partial charge in [0.25, 0.3) is 0 Å². The summed E-state index contributed by atoms with van der Waals surface area (Å²) in [6, 6.07) is 15.0. The first-order valence-corrected chi connectivity index (χ1v) is 6.08. The molecule has 2 rings (SSSR count). The Morgan fingerprint density at radius 1 is 1.11 bits per heavy atom. The standard InChI is InChI=1S/C15H12ClNO/c1-2-11-6-3-4-8-14(11)18-15-9-5-7-13(16)12(15)10-17/h3-9H,2H2,1H3. The fraction of sp³-hybridized carbons (Fsp3) is 0.133. The molecule has 0 saturated carbocycles. The second kappa shape index (κ2) is 5.57. The molecule has 90 valence electrons. The molecule has 0 aromatic heterocycles. The zero-order valence-electron chi connectivity index (χ0n) is 9.98. The molecule has 0 spiro atoms. The number of nitriles is 1. The molecule has 0 aliphatic carbocycles. The van der Waals surface area contributed by atoms with Crippen LogP contribution in [0.25, 0.3) is 0 Å². The van der Waals surface area contributed by atoms with Crippen LogP contribution in [0.5, 0.6) is 11.5 Å². The molecule has 0 heterocycles. The molecule has 0 unspecified atom stereocenters. The lowest BCUT2D eigenvalue weighted by Crippen LogP contribution is -1.92. The molecule has 0 fully saturated rings. The monoisotopic (exact) mass is 257 g/mol. The van der Waals surface area contributed by atoms with Crippen molar-refractivity contribution in [2.24, 2.45) is 0 Å². The zero-order chi connectivity index (χ0) is 13.0. The molecule has 0 atom stereocenters. The van der Waals surface area contributed by atoms with E-state index in [1.165, 1.54) is 0 Å². The number of para-hydroxylation sites is 1. The van der Waals surface area contributed by atoms with E-state index in [-0.39, 0.29) is 0 Å². The van der Waals surface area contributed by atoms with E-state index in [2.05, 4.69) is 13.0 Å². The van der Waals surface area contributed by atoms with Gasteiger partial charge in [-0.15, -0.1) is 0 Å². The lowest BCUT2D eigenvalue weighted by molar-refractivity contribution is 0.475. The van der Waals surface area contributed by atoms with E-state index in [0.29, 0.717) is 16.3 Å². The number of benzene rings is 2. The van der Waals surface area contributed by atoms with Crippen molar-refractivity contribution in [2.75, 3.05) is 0 Å². The third-order valence-electron chi connectivity index (χ3n) is 2.66. The topological polar surface area (TPSA) is 33.0 Å². The van der Waals surface area contributed by atoms with Gasteiger partial charge < -0.3 is 4.74 Å². The van der Waals surface area contributed by atoms with E-state index in [9.17, 15) is 0 Å². The van der Waals surface area contributed by atoms with Crippen molar-refractivity contribution in [1.82, 2.24) is 0 Å². The molecule has 0 N–H and O–H groups in total. The largest absolute Gasteiger partial charge is 0.456 e. The van der Waals surface area contributed by atoms with E-state index < -0.39 is 0 Å². The van der Waals surface area contributed by atoms with Gasteiger partial charge in [0.15, 0.2) is 0 Å². The Labute approximate surface area is 111 Å². The molecule has 2 aromatic rings. The Morgan fingerprint density at radius 2 is 1.83 bits per heavy atom. The number of hydrogen-bond acceptors (Lipinski definition) is 2. The van der Waals surface area contributed by atoms with Gasteiger partial charge in [-0.3, -0.25) is 0 Å². The van der Waals surface area contributed by atoms with Crippen LogP contribution in [-0.4, -0.2) is 0 Å². The predicted octanol–water partition coefficient (Wildman–Crippen LogP) is 4.57. The highest BCUT2D eigenvalue weighted by molar-refractivity contribution is 6.31. The zero-order valence-corrected chi connectivity index (χ0v) is 10.7. The molecule has 0 saturated heterocycles. The van der Waals surface area contributed by atoms with Gasteiger partial charge in [-0.2, -0.15) is 5.26 Å². The number of halogens is 1. The van der Waals surface area contributed by atoms with Crippen LogP contribution in [0.3, 0.4) is 0 Å². The van der Waals surface area contributed by atoms with Crippen LogP contribution in [-0.2, 0) is 6.42 Å². The summed E-state index contributed by atoms with van der Waals surface area (Å²) in [7, 11) is 0. The predicted molar refractivity (Wildman–Crippen MR) is 72.1 cm³/mol. The van der Waals surface area contributed by atoms with Gasteiger partial charge in [-0.05, 0) is 30.2 Å². The summed E-state index contributed by atoms with van der Waals surface area (Å²) in [5.41, 5.74) is 1.46. The molecule has 3 heteroatoms. The number of rotatable bonds is 3. The smallest absolute Gasteiger partial charge is 0.146 e. The molecule has 2 aromatic carbocycles. The van der Waals surface area contributed by atoms with Crippen molar-refractivity contribution in [2.45, 2.75) is 13.3 Å². The van der Waals surface area contributed by atoms with Crippen molar-refractivity contribution in [3.8, 4) is 17.6 Å². The molecular formula is C15H12ClNO. The highest BCUT2D eigenvalue weighted by Crippen LogP contribution is 2.31. The maximum atomic E-state index is 9.09. The Bertz CT molecular complexity index is 602. The van der Waals surface area contributed by atoms with Gasteiger partial charge in [-0.1, -0.05) is 42.8 Å². The first-order chi connectivity index (χ1) is 8.76. The van der Waals surface area contributed by atoms with Crippen molar-refractivity contribution >= 4 is 11.6 Å². The molecule has 0 amide bonds. The summed E-state index contributed by atoms with van der Waals surface area (Å²) < 4.78 is 5.80. The Balaban J connectivity index is 2.41. The second-order valence-electron chi connectivity index (χ2n) is 3.79. The quantitative estimate of drug-likeness (QED) is 0.807. The number of ether oxygens (including phenoxy) is 1. The average molecular weight is 258 g/mol. The van der Waals surface area contributed by atoms with Gasteiger partial charge in [0, 0.05) is 0 Å². The van der Waals surface area contributed by atoms with E-state index in [4.69, 9.17) is 21.6 Å². The number of nitrogens with zero attached hydrogens (tertiary/aromatic N) is 1. The van der Waals surface area contributed by atoms with Crippen LogP contribution in [0.2, 0.25) is 5.02 Å². The lowest BCUT2D eigenvalue weighted by Gasteiger charge is -2.11. The second-order valence-corrected chi connectivity index (χ2v) is 4.20. The maximum absolute atomic E-state index is 9.09. The fourth-order valence-corrected chi connectivity index (χ4v) is 1.92. The first kappa shape index (κ1) is 12.5. The summed E-state index contributed by atoms with van der Waals surface area (Å²) in [6.45, 7) is 2.06. The van der Waals surface area contributed by atoms with Gasteiger partial charge in [0.1, 0.15) is 23.1 Å². The highest BCUT2D eigenvalue weighted by atomic mass is 35.5. The van der Waals surface area contributed by atoms with Crippen LogP contribution < -0.4 is 4.74 Å². The van der Waals surface area contributed by atoms with Gasteiger partial charge in [-0.25, -0.2) is 0 Å². The summed E-state index contributed by atoms with van der Waals surface area (Å²) in [5.74, 6) is 1.25. The van der Waals surface area contributed by atoms with Crippen LogP contribution >= 0.6 is 11.6 Å². The summed E-state index contributed by atoms with van der Waals surface area (Å²) >= 11 is 5.97. The molecular weight excluding hydrogens is 246 g/mol. The minimum absolute atomic E-state index is 0.366. The van der Waals surface area contributed by atoms with E-state index in [0.717, 1.165) is 17.7 Å². The van der Waals surface area contributed by atoms with Crippen LogP contribution in [0, 0.1) is 11.3 Å². The maximum Gasteiger partial charge on any atom is 0.146 e. The van der Waals surface area contributed by atoms with E-state index in [1.54, 1.807) is 18.2 Å². The number of aryl methyl sites for hydroxylation is 1. The van der Waals surface area contributed by atoms with Crippen LogP contribution in [0.15, 0.2) is 42.5 Å². The highest BCUT2D eigenvalue weighted by Gasteiger charge is 2.10. The van der Waals surface area contributed by atoms with Gasteiger partial charge in [0.05, 0.1) is 5.02 Å². The van der Waals surface area contributed by atoms with Crippen molar-refractivity contribution in [3.05, 3.63) is 58.6 Å². The van der Waals surface area contributed by atoms with Crippen molar-refractivity contribution in [1.29, 1.82) is 5.26 Å². The van der Waals surface area contributed by atoms with Gasteiger partial charge in [0.2, 0.25) is 0 Å². The Morgan fingerprint density at radius 3 is 2.56 bits per heavy atom. The molecule has 0 aliphatic rings. The fourth-order valence-electron chi connectivity index (χ4n) is 1.71. The first-order valence-electron chi connectivity index (χ1n) is 5.70. The minimum atomic E-state index is 0.366. The molecule has 0 aliphatic heterocycles. The van der Waals surface area contributed by atoms with E-state index >= 15 is 0 Å². The Hall–Kier alpha value is -1.98. The Kier molecular flexibility index (Phi) is 3.86. The summed E-state index contributed by atoms with van der Waals surface area (Å²) in [4.78, 5) is 0. The lowest BCUT2D eigenvalue weighted by atomic mass is 10.1. The molecule has 0 bridgehead atoms. The third-order valence-corrected chi connectivity index (χ3v) is 2.98. The average Bonchev–Trinajstić information content (AvgIpc) is 2.40. The molecule has 18 heavy (non-hydrogen) atoms. The van der Waals surface area contributed by atoms with E-state index in [1.807, 2.05) is 24.3 Å². The SMILES string of the molecule is CCc1ccccc1Oc1cccc(Cl)c1C#N. The van der Waals surface area contributed by atoms with Gasteiger partial charge >= 0.3 is 0 Å².